The van der Waals surface area contributed by atoms with Crippen LogP contribution in [0.15, 0.2) is 18.5 Å². The van der Waals surface area contributed by atoms with E-state index >= 15 is 0 Å². The Morgan fingerprint density at radius 1 is 1.45 bits per heavy atom. The highest BCUT2D eigenvalue weighted by Gasteiger charge is 2.15. The van der Waals surface area contributed by atoms with Gasteiger partial charge in [0.25, 0.3) is 5.91 Å². The summed E-state index contributed by atoms with van der Waals surface area (Å²) in [4.78, 5) is 16.2. The summed E-state index contributed by atoms with van der Waals surface area (Å²) in [6.45, 7) is 1.01. The lowest BCUT2D eigenvalue weighted by Gasteiger charge is -2.10. The molecule has 4 heteroatoms. The number of nitrogens with two attached hydrogens (primary N) is 1. The van der Waals surface area contributed by atoms with Gasteiger partial charge in [-0.05, 0) is 18.4 Å². The van der Waals surface area contributed by atoms with Gasteiger partial charge in [-0.15, -0.1) is 0 Å². The molecule has 1 heterocycles. The van der Waals surface area contributed by atoms with E-state index in [2.05, 4.69) is 22.1 Å². The van der Waals surface area contributed by atoms with Crippen molar-refractivity contribution >= 4 is 5.91 Å². The Hall–Kier alpha value is -1.86. The Balaban J connectivity index is 1.91. The lowest BCUT2D eigenvalue weighted by molar-refractivity contribution is 0.0951. The number of rotatable bonds is 4. The average Bonchev–Trinajstić information content (AvgIpc) is 2.98. The number of pyridine rings is 1. The Morgan fingerprint density at radius 3 is 3.00 bits per heavy atom. The normalized spacial score (nSPS) is 14.7. The van der Waals surface area contributed by atoms with Crippen molar-refractivity contribution in [3.8, 4) is 11.8 Å². The minimum atomic E-state index is -0.0771. The maximum Gasteiger partial charge on any atom is 0.252 e. The Bertz CT molecular complexity index is 510. The van der Waals surface area contributed by atoms with Crippen LogP contribution in [-0.2, 0) is 0 Å². The van der Waals surface area contributed by atoms with Crippen molar-refractivity contribution in [3.05, 3.63) is 29.6 Å². The van der Waals surface area contributed by atoms with Crippen LogP contribution in [0.4, 0.5) is 0 Å². The molecule has 1 amide bonds. The van der Waals surface area contributed by atoms with Crippen LogP contribution in [0.3, 0.4) is 0 Å². The van der Waals surface area contributed by atoms with Crippen LogP contribution in [0.25, 0.3) is 0 Å². The number of carbonyl (C=O) groups excluding carboxylic acids is 1. The molecule has 0 spiro atoms. The van der Waals surface area contributed by atoms with Gasteiger partial charge in [-0.1, -0.05) is 37.5 Å². The Morgan fingerprint density at radius 2 is 2.25 bits per heavy atom. The fourth-order valence-electron chi connectivity index (χ4n) is 2.62. The number of hydrogen-bond donors (Lipinski definition) is 2. The van der Waals surface area contributed by atoms with Crippen LogP contribution in [0.5, 0.6) is 0 Å². The smallest absolute Gasteiger partial charge is 0.252 e. The standard InChI is InChI=1S/C16H21N3O/c17-9-3-6-14-12-18-10-8-15(14)16(20)19-11-7-13-4-1-2-5-13/h8,10,12-13H,1-2,4-5,7,9,11,17H2,(H,19,20). The lowest BCUT2D eigenvalue weighted by Crippen LogP contribution is -2.26. The molecule has 1 fully saturated rings. The van der Waals surface area contributed by atoms with Crippen molar-refractivity contribution in [2.24, 2.45) is 11.7 Å². The van der Waals surface area contributed by atoms with E-state index in [9.17, 15) is 4.79 Å². The summed E-state index contributed by atoms with van der Waals surface area (Å²) in [5, 5.41) is 2.98. The SMILES string of the molecule is NCC#Cc1cnccc1C(=O)NCCC1CCCC1. The number of carbonyl (C=O) groups is 1. The molecule has 1 aliphatic carbocycles. The van der Waals surface area contributed by atoms with Crippen LogP contribution < -0.4 is 11.1 Å². The van der Waals surface area contributed by atoms with Gasteiger partial charge in [0.15, 0.2) is 0 Å². The van der Waals surface area contributed by atoms with Gasteiger partial charge >= 0.3 is 0 Å². The van der Waals surface area contributed by atoms with Crippen molar-refractivity contribution in [1.82, 2.24) is 10.3 Å². The van der Waals surface area contributed by atoms with E-state index in [1.807, 2.05) is 0 Å². The molecule has 1 aromatic rings. The zero-order chi connectivity index (χ0) is 14.2. The van der Waals surface area contributed by atoms with Gasteiger partial charge in [0, 0.05) is 18.9 Å². The molecule has 0 bridgehead atoms. The van der Waals surface area contributed by atoms with Crippen molar-refractivity contribution < 1.29 is 4.79 Å². The highest BCUT2D eigenvalue weighted by molar-refractivity contribution is 5.96. The van der Waals surface area contributed by atoms with Gasteiger partial charge in [0.05, 0.1) is 17.7 Å². The molecule has 1 saturated carbocycles. The Labute approximate surface area is 120 Å². The van der Waals surface area contributed by atoms with Crippen LogP contribution in [0, 0.1) is 17.8 Å². The number of amides is 1. The molecular weight excluding hydrogens is 250 g/mol. The average molecular weight is 271 g/mol. The monoisotopic (exact) mass is 271 g/mol. The molecule has 1 aromatic heterocycles. The Kier molecular flexibility index (Phi) is 5.57. The fraction of sp³-hybridized carbons (Fsp3) is 0.500. The summed E-state index contributed by atoms with van der Waals surface area (Å²) >= 11 is 0. The van der Waals surface area contributed by atoms with E-state index in [-0.39, 0.29) is 12.5 Å². The second kappa shape index (κ2) is 7.66. The molecule has 0 aliphatic heterocycles. The predicted molar refractivity (Wildman–Crippen MR) is 79.1 cm³/mol. The first-order valence-corrected chi connectivity index (χ1v) is 7.22. The fourth-order valence-corrected chi connectivity index (χ4v) is 2.62. The van der Waals surface area contributed by atoms with Crippen molar-refractivity contribution in [3.63, 3.8) is 0 Å². The number of hydrogen-bond acceptors (Lipinski definition) is 3. The molecule has 1 aliphatic rings. The maximum absolute atomic E-state index is 12.2. The maximum atomic E-state index is 12.2. The van der Waals surface area contributed by atoms with Gasteiger partial charge < -0.3 is 11.1 Å². The first-order chi connectivity index (χ1) is 9.81. The summed E-state index contributed by atoms with van der Waals surface area (Å²) in [5.41, 5.74) is 6.57. The van der Waals surface area contributed by atoms with E-state index in [0.717, 1.165) is 18.9 Å². The van der Waals surface area contributed by atoms with Crippen molar-refractivity contribution in [2.75, 3.05) is 13.1 Å². The van der Waals surface area contributed by atoms with Gasteiger partial charge in [-0.3, -0.25) is 9.78 Å². The number of nitrogens with zero attached hydrogens (tertiary/aromatic N) is 1. The minimum Gasteiger partial charge on any atom is -0.352 e. The van der Waals surface area contributed by atoms with E-state index in [1.54, 1.807) is 18.5 Å². The van der Waals surface area contributed by atoms with Gasteiger partial charge in [-0.2, -0.15) is 0 Å². The molecular formula is C16H21N3O. The van der Waals surface area contributed by atoms with Gasteiger partial charge in [0.2, 0.25) is 0 Å². The molecule has 0 atom stereocenters. The molecule has 20 heavy (non-hydrogen) atoms. The van der Waals surface area contributed by atoms with Crippen molar-refractivity contribution in [1.29, 1.82) is 0 Å². The second-order valence-electron chi connectivity index (χ2n) is 5.12. The zero-order valence-electron chi connectivity index (χ0n) is 11.7. The minimum absolute atomic E-state index is 0.0771. The summed E-state index contributed by atoms with van der Waals surface area (Å²) in [6.07, 6.45) is 9.56. The second-order valence-corrected chi connectivity index (χ2v) is 5.12. The first-order valence-electron chi connectivity index (χ1n) is 7.22. The highest BCUT2D eigenvalue weighted by Crippen LogP contribution is 2.26. The summed E-state index contributed by atoms with van der Waals surface area (Å²) < 4.78 is 0. The molecule has 0 unspecified atom stereocenters. The summed E-state index contributed by atoms with van der Waals surface area (Å²) in [5.74, 6) is 6.35. The van der Waals surface area contributed by atoms with Crippen LogP contribution >= 0.6 is 0 Å². The molecule has 2 rings (SSSR count). The summed E-state index contributed by atoms with van der Waals surface area (Å²) in [7, 11) is 0. The van der Waals surface area contributed by atoms with E-state index in [4.69, 9.17) is 5.73 Å². The molecule has 0 saturated heterocycles. The number of aromatic nitrogens is 1. The van der Waals surface area contributed by atoms with Crippen LogP contribution in [0.1, 0.15) is 48.0 Å². The number of nitrogens with one attached hydrogen (secondary N) is 1. The van der Waals surface area contributed by atoms with E-state index < -0.39 is 0 Å². The molecule has 0 aromatic carbocycles. The van der Waals surface area contributed by atoms with Crippen LogP contribution in [0.2, 0.25) is 0 Å². The topological polar surface area (TPSA) is 68.0 Å². The molecule has 106 valence electrons. The van der Waals surface area contributed by atoms with Gasteiger partial charge in [0.1, 0.15) is 0 Å². The van der Waals surface area contributed by atoms with Gasteiger partial charge in [-0.25, -0.2) is 0 Å². The van der Waals surface area contributed by atoms with E-state index in [1.165, 1.54) is 25.7 Å². The third kappa shape index (κ3) is 4.07. The third-order valence-corrected chi connectivity index (χ3v) is 3.70. The predicted octanol–water partition coefficient (Wildman–Crippen LogP) is 1.70. The molecule has 4 nitrogen and oxygen atoms in total. The van der Waals surface area contributed by atoms with E-state index in [0.29, 0.717) is 11.1 Å². The zero-order valence-corrected chi connectivity index (χ0v) is 11.7. The van der Waals surface area contributed by atoms with Crippen molar-refractivity contribution in [2.45, 2.75) is 32.1 Å². The molecule has 0 radical (unpaired) electrons. The van der Waals surface area contributed by atoms with Crippen LogP contribution in [-0.4, -0.2) is 24.0 Å². The summed E-state index contributed by atoms with van der Waals surface area (Å²) in [6, 6.07) is 1.70. The lowest BCUT2D eigenvalue weighted by atomic mass is 10.0. The highest BCUT2D eigenvalue weighted by atomic mass is 16.1. The molecule has 3 N–H and O–H groups in total. The largest absolute Gasteiger partial charge is 0.352 e. The first kappa shape index (κ1) is 14.5. The quantitative estimate of drug-likeness (QED) is 0.819. The third-order valence-electron chi connectivity index (χ3n) is 3.70.